The van der Waals surface area contributed by atoms with Gasteiger partial charge in [-0.2, -0.15) is 0 Å². The molecule has 0 spiro atoms. The van der Waals surface area contributed by atoms with Crippen LogP contribution in [-0.4, -0.2) is 17.9 Å². The van der Waals surface area contributed by atoms with Crippen molar-refractivity contribution < 1.29 is 14.3 Å². The molecule has 0 saturated carbocycles. The zero-order valence-corrected chi connectivity index (χ0v) is 17.7. The van der Waals surface area contributed by atoms with Gasteiger partial charge in [0.1, 0.15) is 5.75 Å². The maximum Gasteiger partial charge on any atom is 0.265 e. The molecule has 0 aliphatic rings. The summed E-state index contributed by atoms with van der Waals surface area (Å²) in [5.74, 6) is 0.0905. The molecule has 0 aromatic heterocycles. The van der Waals surface area contributed by atoms with Crippen molar-refractivity contribution in [3.63, 3.8) is 0 Å². The Balaban J connectivity index is 1.60. The number of amides is 2. The normalized spacial score (nSPS) is 11.5. The van der Waals surface area contributed by atoms with Gasteiger partial charge < -0.3 is 15.4 Å². The Morgan fingerprint density at radius 1 is 0.767 bits per heavy atom. The van der Waals surface area contributed by atoms with Crippen LogP contribution in [0.5, 0.6) is 5.75 Å². The van der Waals surface area contributed by atoms with E-state index in [2.05, 4.69) is 10.6 Å². The van der Waals surface area contributed by atoms with Crippen LogP contribution in [-0.2, 0) is 4.79 Å². The van der Waals surface area contributed by atoms with Crippen LogP contribution in [0.3, 0.4) is 0 Å². The third kappa shape index (κ3) is 5.06. The summed E-state index contributed by atoms with van der Waals surface area (Å²) in [7, 11) is 0. The van der Waals surface area contributed by atoms with Crippen molar-refractivity contribution in [1.82, 2.24) is 0 Å². The van der Waals surface area contributed by atoms with Crippen molar-refractivity contribution >= 4 is 23.2 Å². The molecular weight excluding hydrogens is 376 g/mol. The smallest absolute Gasteiger partial charge is 0.265 e. The Hall–Kier alpha value is -3.60. The minimum atomic E-state index is -0.684. The van der Waals surface area contributed by atoms with Crippen molar-refractivity contribution in [2.45, 2.75) is 33.8 Å². The van der Waals surface area contributed by atoms with Crippen LogP contribution in [0.2, 0.25) is 0 Å². The first-order valence-electron chi connectivity index (χ1n) is 9.86. The average Bonchev–Trinajstić information content (AvgIpc) is 2.73. The predicted molar refractivity (Wildman–Crippen MR) is 120 cm³/mol. The molecule has 3 aromatic rings. The van der Waals surface area contributed by atoms with Crippen LogP contribution >= 0.6 is 0 Å². The first-order chi connectivity index (χ1) is 14.3. The molecule has 30 heavy (non-hydrogen) atoms. The highest BCUT2D eigenvalue weighted by molar-refractivity contribution is 6.04. The molecule has 0 radical (unpaired) electrons. The second-order valence-electron chi connectivity index (χ2n) is 7.29. The number of hydrogen-bond donors (Lipinski definition) is 2. The van der Waals surface area contributed by atoms with Crippen LogP contribution in [0, 0.1) is 20.8 Å². The van der Waals surface area contributed by atoms with Crippen LogP contribution in [0.1, 0.15) is 34.0 Å². The molecule has 0 unspecified atom stereocenters. The predicted octanol–water partition coefficient (Wildman–Crippen LogP) is 5.27. The van der Waals surface area contributed by atoms with E-state index >= 15 is 0 Å². The molecule has 0 fully saturated rings. The number of rotatable bonds is 6. The van der Waals surface area contributed by atoms with Crippen molar-refractivity contribution in [2.75, 3.05) is 10.6 Å². The first kappa shape index (κ1) is 21.1. The minimum absolute atomic E-state index is 0.198. The van der Waals surface area contributed by atoms with E-state index in [9.17, 15) is 9.59 Å². The van der Waals surface area contributed by atoms with Gasteiger partial charge in [0.05, 0.1) is 0 Å². The van der Waals surface area contributed by atoms with E-state index in [1.165, 1.54) is 0 Å². The molecular formula is C25H26N2O3. The van der Waals surface area contributed by atoms with E-state index in [0.29, 0.717) is 11.3 Å². The molecule has 5 heteroatoms. The molecule has 154 valence electrons. The van der Waals surface area contributed by atoms with Crippen molar-refractivity contribution in [3.8, 4) is 5.75 Å². The molecule has 0 aliphatic heterocycles. The summed E-state index contributed by atoms with van der Waals surface area (Å²) in [6.07, 6.45) is -0.684. The van der Waals surface area contributed by atoms with E-state index < -0.39 is 6.10 Å². The van der Waals surface area contributed by atoms with Crippen molar-refractivity contribution in [1.29, 1.82) is 0 Å². The quantitative estimate of drug-likeness (QED) is 0.590. The SMILES string of the molecule is Cc1ccccc1NC(=O)c1ccc(O[C@@H](C)C(=O)Nc2cccc(C)c2C)cc1. The molecule has 1 atom stereocenters. The van der Waals surface area contributed by atoms with E-state index in [0.717, 1.165) is 28.1 Å². The van der Waals surface area contributed by atoms with Gasteiger partial charge in [0.25, 0.3) is 11.8 Å². The standard InChI is InChI=1S/C25H26N2O3/c1-16-9-7-11-23(18(16)3)27-24(28)19(4)30-21-14-12-20(13-15-21)25(29)26-22-10-6-5-8-17(22)2/h5-15,19H,1-4H3,(H,26,29)(H,27,28)/t19-/m0/s1. The topological polar surface area (TPSA) is 67.4 Å². The number of nitrogens with one attached hydrogen (secondary N) is 2. The first-order valence-corrected chi connectivity index (χ1v) is 9.86. The van der Waals surface area contributed by atoms with Gasteiger partial charge in [-0.15, -0.1) is 0 Å². The monoisotopic (exact) mass is 402 g/mol. The average molecular weight is 402 g/mol. The van der Waals surface area contributed by atoms with E-state index in [1.807, 2.05) is 63.2 Å². The fourth-order valence-corrected chi connectivity index (χ4v) is 2.97. The number of aryl methyl sites for hydroxylation is 2. The third-order valence-corrected chi connectivity index (χ3v) is 5.05. The number of anilines is 2. The maximum absolute atomic E-state index is 12.5. The second kappa shape index (κ2) is 9.27. The Morgan fingerprint density at radius 3 is 2.10 bits per heavy atom. The van der Waals surface area contributed by atoms with Gasteiger partial charge in [-0.3, -0.25) is 9.59 Å². The molecule has 0 heterocycles. The Morgan fingerprint density at radius 2 is 1.40 bits per heavy atom. The molecule has 2 N–H and O–H groups in total. The molecule has 0 saturated heterocycles. The van der Waals surface area contributed by atoms with Crippen molar-refractivity contribution in [3.05, 3.63) is 89.0 Å². The van der Waals surface area contributed by atoms with Crippen LogP contribution in [0.25, 0.3) is 0 Å². The number of benzene rings is 3. The largest absolute Gasteiger partial charge is 0.481 e. The number of carbonyl (C=O) groups excluding carboxylic acids is 2. The lowest BCUT2D eigenvalue weighted by Crippen LogP contribution is -2.30. The molecule has 3 aromatic carbocycles. The minimum Gasteiger partial charge on any atom is -0.481 e. The summed E-state index contributed by atoms with van der Waals surface area (Å²) in [6.45, 7) is 7.61. The second-order valence-corrected chi connectivity index (χ2v) is 7.29. The van der Waals surface area contributed by atoms with Gasteiger partial charge in [0, 0.05) is 16.9 Å². The van der Waals surface area contributed by atoms with Gasteiger partial charge in [0.2, 0.25) is 0 Å². The summed E-state index contributed by atoms with van der Waals surface area (Å²) in [4.78, 5) is 24.9. The van der Waals surface area contributed by atoms with E-state index in [4.69, 9.17) is 4.74 Å². The Labute approximate surface area is 177 Å². The van der Waals surface area contributed by atoms with Crippen LogP contribution < -0.4 is 15.4 Å². The lowest BCUT2D eigenvalue weighted by molar-refractivity contribution is -0.122. The summed E-state index contributed by atoms with van der Waals surface area (Å²) in [5.41, 5.74) is 5.20. The number of hydrogen-bond acceptors (Lipinski definition) is 3. The molecule has 0 aliphatic carbocycles. The zero-order valence-electron chi connectivity index (χ0n) is 17.7. The van der Waals surface area contributed by atoms with E-state index in [-0.39, 0.29) is 11.8 Å². The van der Waals surface area contributed by atoms with Gasteiger partial charge in [0.15, 0.2) is 6.10 Å². The lowest BCUT2D eigenvalue weighted by Gasteiger charge is -2.16. The third-order valence-electron chi connectivity index (χ3n) is 5.05. The molecule has 0 bridgehead atoms. The maximum atomic E-state index is 12.5. The van der Waals surface area contributed by atoms with Crippen LogP contribution in [0.15, 0.2) is 66.7 Å². The highest BCUT2D eigenvalue weighted by Gasteiger charge is 2.16. The fraction of sp³-hybridized carbons (Fsp3) is 0.200. The number of carbonyl (C=O) groups is 2. The summed E-state index contributed by atoms with van der Waals surface area (Å²) in [5, 5.41) is 5.80. The summed E-state index contributed by atoms with van der Waals surface area (Å²) in [6, 6.07) is 20.1. The van der Waals surface area contributed by atoms with E-state index in [1.54, 1.807) is 31.2 Å². The number of para-hydroxylation sites is 1. The van der Waals surface area contributed by atoms with Crippen molar-refractivity contribution in [2.24, 2.45) is 0 Å². The summed E-state index contributed by atoms with van der Waals surface area (Å²) >= 11 is 0. The Bertz CT molecular complexity index is 1060. The molecule has 5 nitrogen and oxygen atoms in total. The Kier molecular flexibility index (Phi) is 6.52. The van der Waals surface area contributed by atoms with Gasteiger partial charge >= 0.3 is 0 Å². The van der Waals surface area contributed by atoms with Gasteiger partial charge in [-0.1, -0.05) is 30.3 Å². The van der Waals surface area contributed by atoms with Crippen LogP contribution in [0.4, 0.5) is 11.4 Å². The number of ether oxygens (including phenoxy) is 1. The highest BCUT2D eigenvalue weighted by Crippen LogP contribution is 2.20. The zero-order chi connectivity index (χ0) is 21.7. The molecule has 3 rings (SSSR count). The van der Waals surface area contributed by atoms with Gasteiger partial charge in [-0.05, 0) is 80.8 Å². The summed E-state index contributed by atoms with van der Waals surface area (Å²) < 4.78 is 5.75. The lowest BCUT2D eigenvalue weighted by atomic mass is 10.1. The van der Waals surface area contributed by atoms with Gasteiger partial charge in [-0.25, -0.2) is 0 Å². The highest BCUT2D eigenvalue weighted by atomic mass is 16.5. The fourth-order valence-electron chi connectivity index (χ4n) is 2.97. The molecule has 2 amide bonds.